The van der Waals surface area contributed by atoms with Gasteiger partial charge >= 0.3 is 0 Å². The van der Waals surface area contributed by atoms with Gasteiger partial charge in [-0.3, -0.25) is 4.79 Å². The normalized spacial score (nSPS) is 9.64. The summed E-state index contributed by atoms with van der Waals surface area (Å²) in [6, 6.07) is 5.62. The van der Waals surface area contributed by atoms with Gasteiger partial charge in [-0.2, -0.15) is 0 Å². The van der Waals surface area contributed by atoms with Crippen LogP contribution in [0.5, 0.6) is 0 Å². The van der Waals surface area contributed by atoms with E-state index < -0.39 is 0 Å². The Morgan fingerprint density at radius 3 is 2.73 bits per heavy atom. The van der Waals surface area contributed by atoms with Gasteiger partial charge in [-0.1, -0.05) is 11.6 Å². The SMILES string of the molecule is Cc1cc(C=O)cc(CN)c1. The van der Waals surface area contributed by atoms with E-state index in [2.05, 4.69) is 0 Å². The first kappa shape index (κ1) is 7.95. The van der Waals surface area contributed by atoms with E-state index in [-0.39, 0.29) is 0 Å². The van der Waals surface area contributed by atoms with Gasteiger partial charge in [0.25, 0.3) is 0 Å². The number of carbonyl (C=O) groups excluding carboxylic acids is 1. The fourth-order valence-corrected chi connectivity index (χ4v) is 1.08. The van der Waals surface area contributed by atoms with Gasteiger partial charge in [-0.05, 0) is 24.6 Å². The van der Waals surface area contributed by atoms with E-state index in [0.717, 1.165) is 17.4 Å². The molecule has 1 aromatic carbocycles. The van der Waals surface area contributed by atoms with Crippen molar-refractivity contribution in [3.63, 3.8) is 0 Å². The summed E-state index contributed by atoms with van der Waals surface area (Å²) in [6.45, 7) is 2.44. The molecule has 0 saturated carbocycles. The summed E-state index contributed by atoms with van der Waals surface area (Å²) in [5.41, 5.74) is 8.21. The van der Waals surface area contributed by atoms with Crippen LogP contribution in [-0.4, -0.2) is 6.29 Å². The second-order valence-corrected chi connectivity index (χ2v) is 2.57. The van der Waals surface area contributed by atoms with Crippen molar-refractivity contribution in [2.24, 2.45) is 5.73 Å². The van der Waals surface area contributed by atoms with Crippen molar-refractivity contribution in [1.82, 2.24) is 0 Å². The number of nitrogens with two attached hydrogens (primary N) is 1. The molecule has 0 fully saturated rings. The highest BCUT2D eigenvalue weighted by molar-refractivity contribution is 5.75. The number of aldehydes is 1. The summed E-state index contributed by atoms with van der Waals surface area (Å²) < 4.78 is 0. The minimum Gasteiger partial charge on any atom is -0.326 e. The maximum atomic E-state index is 10.4. The molecule has 0 aromatic heterocycles. The minimum absolute atomic E-state index is 0.489. The molecule has 2 heteroatoms. The summed E-state index contributed by atoms with van der Waals surface area (Å²) in [6.07, 6.45) is 0.839. The van der Waals surface area contributed by atoms with Gasteiger partial charge in [-0.15, -0.1) is 0 Å². The van der Waals surface area contributed by atoms with Crippen LogP contribution >= 0.6 is 0 Å². The highest BCUT2D eigenvalue weighted by Gasteiger charge is 1.94. The maximum absolute atomic E-state index is 10.4. The Labute approximate surface area is 66.0 Å². The lowest BCUT2D eigenvalue weighted by Gasteiger charge is -1.99. The van der Waals surface area contributed by atoms with Gasteiger partial charge in [0.1, 0.15) is 6.29 Å². The fraction of sp³-hybridized carbons (Fsp3) is 0.222. The number of aryl methyl sites for hydroxylation is 1. The molecule has 11 heavy (non-hydrogen) atoms. The van der Waals surface area contributed by atoms with E-state index in [4.69, 9.17) is 5.73 Å². The first-order valence-electron chi connectivity index (χ1n) is 3.52. The second kappa shape index (κ2) is 3.30. The molecule has 0 unspecified atom stereocenters. The first-order valence-corrected chi connectivity index (χ1v) is 3.52. The number of hydrogen-bond acceptors (Lipinski definition) is 2. The van der Waals surface area contributed by atoms with Crippen LogP contribution in [0.3, 0.4) is 0 Å². The van der Waals surface area contributed by atoms with Crippen LogP contribution in [0, 0.1) is 6.92 Å². The van der Waals surface area contributed by atoms with Crippen molar-refractivity contribution in [3.8, 4) is 0 Å². The predicted octanol–water partition coefficient (Wildman–Crippen LogP) is 1.27. The Hall–Kier alpha value is -1.15. The molecule has 0 bridgehead atoms. The monoisotopic (exact) mass is 149 g/mol. The zero-order chi connectivity index (χ0) is 8.27. The van der Waals surface area contributed by atoms with Gasteiger partial charge in [-0.25, -0.2) is 0 Å². The van der Waals surface area contributed by atoms with Crippen LogP contribution in [0.15, 0.2) is 18.2 Å². The third kappa shape index (κ3) is 1.88. The molecular weight excluding hydrogens is 138 g/mol. The van der Waals surface area contributed by atoms with Crippen molar-refractivity contribution >= 4 is 6.29 Å². The highest BCUT2D eigenvalue weighted by Crippen LogP contribution is 2.06. The zero-order valence-corrected chi connectivity index (χ0v) is 6.50. The molecule has 1 aromatic rings. The largest absolute Gasteiger partial charge is 0.326 e. The molecule has 2 nitrogen and oxygen atoms in total. The molecular formula is C9H11NO. The predicted molar refractivity (Wildman–Crippen MR) is 44.5 cm³/mol. The molecule has 0 spiro atoms. The van der Waals surface area contributed by atoms with E-state index in [1.807, 2.05) is 19.1 Å². The maximum Gasteiger partial charge on any atom is 0.150 e. The zero-order valence-electron chi connectivity index (χ0n) is 6.50. The van der Waals surface area contributed by atoms with Crippen molar-refractivity contribution in [2.45, 2.75) is 13.5 Å². The Bertz CT molecular complexity index is 268. The third-order valence-electron chi connectivity index (χ3n) is 1.53. The van der Waals surface area contributed by atoms with Crippen molar-refractivity contribution < 1.29 is 4.79 Å². The molecule has 0 amide bonds. The summed E-state index contributed by atoms with van der Waals surface area (Å²) in [5.74, 6) is 0. The Morgan fingerprint density at radius 2 is 2.18 bits per heavy atom. The van der Waals surface area contributed by atoms with E-state index >= 15 is 0 Å². The first-order chi connectivity index (χ1) is 5.26. The van der Waals surface area contributed by atoms with Gasteiger partial charge in [0, 0.05) is 12.1 Å². The molecule has 0 aliphatic carbocycles. The number of hydrogen-bond donors (Lipinski definition) is 1. The van der Waals surface area contributed by atoms with Crippen LogP contribution in [0.1, 0.15) is 21.5 Å². The standard InChI is InChI=1S/C9H11NO/c1-7-2-8(5-10)4-9(3-7)6-11/h2-4,6H,5,10H2,1H3. The summed E-state index contributed by atoms with van der Waals surface area (Å²) in [4.78, 5) is 10.4. The smallest absolute Gasteiger partial charge is 0.150 e. The summed E-state index contributed by atoms with van der Waals surface area (Å²) >= 11 is 0. The third-order valence-corrected chi connectivity index (χ3v) is 1.53. The van der Waals surface area contributed by atoms with Crippen molar-refractivity contribution in [1.29, 1.82) is 0 Å². The molecule has 0 radical (unpaired) electrons. The highest BCUT2D eigenvalue weighted by atomic mass is 16.1. The van der Waals surface area contributed by atoms with Crippen molar-refractivity contribution in [3.05, 3.63) is 34.9 Å². The van der Waals surface area contributed by atoms with Crippen LogP contribution in [-0.2, 0) is 6.54 Å². The summed E-state index contributed by atoms with van der Waals surface area (Å²) in [5, 5.41) is 0. The lowest BCUT2D eigenvalue weighted by Crippen LogP contribution is -1.97. The van der Waals surface area contributed by atoms with Crippen LogP contribution < -0.4 is 5.73 Å². The average Bonchev–Trinajstić information content (AvgIpc) is 2.03. The number of benzene rings is 1. The van der Waals surface area contributed by atoms with Gasteiger partial charge < -0.3 is 5.73 Å². The molecule has 0 atom stereocenters. The molecule has 2 N–H and O–H groups in total. The Morgan fingerprint density at radius 1 is 1.45 bits per heavy atom. The number of rotatable bonds is 2. The molecule has 0 aliphatic rings. The number of carbonyl (C=O) groups is 1. The van der Waals surface area contributed by atoms with E-state index in [1.54, 1.807) is 6.07 Å². The molecule has 0 heterocycles. The van der Waals surface area contributed by atoms with E-state index in [0.29, 0.717) is 12.1 Å². The van der Waals surface area contributed by atoms with Gasteiger partial charge in [0.2, 0.25) is 0 Å². The molecule has 58 valence electrons. The fourth-order valence-electron chi connectivity index (χ4n) is 1.08. The molecule has 0 aliphatic heterocycles. The van der Waals surface area contributed by atoms with E-state index in [1.165, 1.54) is 0 Å². The topological polar surface area (TPSA) is 43.1 Å². The lowest BCUT2D eigenvalue weighted by atomic mass is 10.1. The Kier molecular flexibility index (Phi) is 2.39. The summed E-state index contributed by atoms with van der Waals surface area (Å²) in [7, 11) is 0. The quantitative estimate of drug-likeness (QED) is 0.643. The van der Waals surface area contributed by atoms with Gasteiger partial charge in [0.15, 0.2) is 0 Å². The second-order valence-electron chi connectivity index (χ2n) is 2.57. The van der Waals surface area contributed by atoms with Crippen molar-refractivity contribution in [2.75, 3.05) is 0 Å². The van der Waals surface area contributed by atoms with Crippen LogP contribution in [0.25, 0.3) is 0 Å². The molecule has 0 saturated heterocycles. The van der Waals surface area contributed by atoms with E-state index in [9.17, 15) is 4.79 Å². The lowest BCUT2D eigenvalue weighted by molar-refractivity contribution is 0.112. The molecule has 1 rings (SSSR count). The minimum atomic E-state index is 0.489. The average molecular weight is 149 g/mol. The van der Waals surface area contributed by atoms with Gasteiger partial charge in [0.05, 0.1) is 0 Å². The van der Waals surface area contributed by atoms with Crippen LogP contribution in [0.4, 0.5) is 0 Å². The van der Waals surface area contributed by atoms with Crippen LogP contribution in [0.2, 0.25) is 0 Å². The Balaban J connectivity index is 3.11.